The van der Waals surface area contributed by atoms with Gasteiger partial charge in [0.05, 0.1) is 12.1 Å². The second kappa shape index (κ2) is 6.62. The van der Waals surface area contributed by atoms with E-state index in [1.54, 1.807) is 12.3 Å². The molecule has 0 bridgehead atoms. The number of ether oxygens (including phenoxy) is 1. The van der Waals surface area contributed by atoms with Crippen LogP contribution in [0.5, 0.6) is 5.75 Å². The zero-order valence-corrected chi connectivity index (χ0v) is 12.5. The van der Waals surface area contributed by atoms with Crippen molar-refractivity contribution in [2.75, 3.05) is 0 Å². The Labute approximate surface area is 123 Å². The molecule has 3 nitrogen and oxygen atoms in total. The number of aryl methyl sites for hydroxylation is 2. The van der Waals surface area contributed by atoms with Crippen molar-refractivity contribution in [3.05, 3.63) is 63.6 Å². The van der Waals surface area contributed by atoms with Crippen LogP contribution in [0.3, 0.4) is 0 Å². The quantitative estimate of drug-likeness (QED) is 0.790. The number of halogens is 1. The van der Waals surface area contributed by atoms with Crippen LogP contribution in [0.15, 0.2) is 41.3 Å². The molecule has 0 radical (unpaired) electrons. The number of rotatable bonds is 5. The number of hydrogen-bond donors (Lipinski definition) is 0. The van der Waals surface area contributed by atoms with E-state index in [-0.39, 0.29) is 5.43 Å². The van der Waals surface area contributed by atoms with Gasteiger partial charge >= 0.3 is 0 Å². The Bertz CT molecular complexity index is 649. The monoisotopic (exact) mass is 291 g/mol. The highest BCUT2D eigenvalue weighted by molar-refractivity contribution is 6.16. The molecule has 0 saturated carbocycles. The highest BCUT2D eigenvalue weighted by atomic mass is 35.5. The maximum Gasteiger partial charge on any atom is 0.223 e. The lowest BCUT2D eigenvalue weighted by molar-refractivity contribution is 0.299. The average molecular weight is 292 g/mol. The lowest BCUT2D eigenvalue weighted by Gasteiger charge is -2.13. The topological polar surface area (TPSA) is 31.2 Å². The first-order valence-corrected chi connectivity index (χ1v) is 7.15. The smallest absolute Gasteiger partial charge is 0.223 e. The maximum atomic E-state index is 12.0. The molecule has 1 aromatic heterocycles. The van der Waals surface area contributed by atoms with E-state index in [0.717, 1.165) is 23.4 Å². The van der Waals surface area contributed by atoms with Gasteiger partial charge in [-0.15, -0.1) is 11.6 Å². The van der Waals surface area contributed by atoms with Gasteiger partial charge in [0.15, 0.2) is 5.75 Å². The van der Waals surface area contributed by atoms with Gasteiger partial charge in [0, 0.05) is 18.3 Å². The maximum absolute atomic E-state index is 12.0. The summed E-state index contributed by atoms with van der Waals surface area (Å²) in [6.07, 6.45) is 1.73. The zero-order chi connectivity index (χ0) is 14.5. The van der Waals surface area contributed by atoms with Crippen molar-refractivity contribution in [2.24, 2.45) is 0 Å². The fourth-order valence-corrected chi connectivity index (χ4v) is 2.27. The molecule has 0 saturated heterocycles. The minimum absolute atomic E-state index is 0.126. The van der Waals surface area contributed by atoms with Crippen molar-refractivity contribution in [3.8, 4) is 5.75 Å². The summed E-state index contributed by atoms with van der Waals surface area (Å²) in [6.45, 7) is 5.18. The van der Waals surface area contributed by atoms with E-state index in [0.29, 0.717) is 18.2 Å². The van der Waals surface area contributed by atoms with Gasteiger partial charge in [-0.05, 0) is 25.0 Å². The van der Waals surface area contributed by atoms with Gasteiger partial charge in [-0.25, -0.2) is 0 Å². The normalized spacial score (nSPS) is 10.6. The van der Waals surface area contributed by atoms with Gasteiger partial charge in [-0.2, -0.15) is 0 Å². The van der Waals surface area contributed by atoms with Crippen LogP contribution in [-0.2, 0) is 19.0 Å². The van der Waals surface area contributed by atoms with Gasteiger partial charge in [-0.1, -0.05) is 24.3 Å². The van der Waals surface area contributed by atoms with Gasteiger partial charge in [0.1, 0.15) is 6.61 Å². The van der Waals surface area contributed by atoms with Gasteiger partial charge < -0.3 is 9.30 Å². The zero-order valence-electron chi connectivity index (χ0n) is 11.7. The van der Waals surface area contributed by atoms with E-state index in [2.05, 4.69) is 0 Å². The lowest BCUT2D eigenvalue weighted by atomic mass is 10.1. The summed E-state index contributed by atoms with van der Waals surface area (Å²) < 4.78 is 7.60. The summed E-state index contributed by atoms with van der Waals surface area (Å²) >= 11 is 5.83. The van der Waals surface area contributed by atoms with Crippen molar-refractivity contribution in [1.82, 2.24) is 4.57 Å². The van der Waals surface area contributed by atoms with Gasteiger partial charge in [-0.3, -0.25) is 4.79 Å². The van der Waals surface area contributed by atoms with Crippen molar-refractivity contribution in [1.29, 1.82) is 0 Å². The van der Waals surface area contributed by atoms with Gasteiger partial charge in [0.25, 0.3) is 0 Å². The number of nitrogens with zero attached hydrogens (tertiary/aromatic N) is 1. The second-order valence-corrected chi connectivity index (χ2v) is 4.90. The summed E-state index contributed by atoms with van der Waals surface area (Å²) in [5.41, 5.74) is 2.92. The predicted octanol–water partition coefficient (Wildman–Crippen LogP) is 3.49. The molecule has 1 heterocycles. The van der Waals surface area contributed by atoms with E-state index >= 15 is 0 Å². The number of aromatic nitrogens is 1. The summed E-state index contributed by atoms with van der Waals surface area (Å²) in [7, 11) is 0. The molecule has 2 aromatic rings. The Hall–Kier alpha value is -1.74. The molecule has 0 amide bonds. The molecule has 0 aliphatic heterocycles. The van der Waals surface area contributed by atoms with Gasteiger partial charge in [0.2, 0.25) is 5.43 Å². The first-order chi connectivity index (χ1) is 9.65. The molecule has 1 aromatic carbocycles. The van der Waals surface area contributed by atoms with Crippen LogP contribution >= 0.6 is 11.6 Å². The van der Waals surface area contributed by atoms with Crippen LogP contribution in [0.4, 0.5) is 0 Å². The van der Waals surface area contributed by atoms with E-state index in [1.165, 1.54) is 0 Å². The molecule has 0 atom stereocenters. The number of benzene rings is 1. The third kappa shape index (κ3) is 3.23. The number of pyridine rings is 1. The third-order valence-corrected chi connectivity index (χ3v) is 3.58. The molecular formula is C16H18ClNO2. The largest absolute Gasteiger partial charge is 0.483 e. The van der Waals surface area contributed by atoms with Crippen LogP contribution in [0.1, 0.15) is 23.7 Å². The Morgan fingerprint density at radius 3 is 2.70 bits per heavy atom. The molecule has 0 unspecified atom stereocenters. The molecule has 4 heteroatoms. The van der Waals surface area contributed by atoms with Crippen LogP contribution in [0, 0.1) is 6.92 Å². The minimum Gasteiger partial charge on any atom is -0.483 e. The second-order valence-electron chi connectivity index (χ2n) is 4.63. The van der Waals surface area contributed by atoms with E-state index in [1.807, 2.05) is 42.7 Å². The van der Waals surface area contributed by atoms with Crippen LogP contribution in [0.25, 0.3) is 0 Å². The average Bonchev–Trinajstić information content (AvgIpc) is 2.47. The van der Waals surface area contributed by atoms with Crippen molar-refractivity contribution < 1.29 is 4.74 Å². The Morgan fingerprint density at radius 1 is 1.30 bits per heavy atom. The molecule has 0 N–H and O–H groups in total. The first kappa shape index (κ1) is 14.7. The van der Waals surface area contributed by atoms with Crippen LogP contribution in [0.2, 0.25) is 0 Å². The molecule has 0 aliphatic rings. The lowest BCUT2D eigenvalue weighted by Crippen LogP contribution is -2.14. The number of hydrogen-bond acceptors (Lipinski definition) is 2. The molecule has 20 heavy (non-hydrogen) atoms. The SMILES string of the molecule is CCn1cc(OCc2ccccc2C)c(=O)cc1CCl. The summed E-state index contributed by atoms with van der Waals surface area (Å²) in [6, 6.07) is 9.52. The Kier molecular flexibility index (Phi) is 4.85. The highest BCUT2D eigenvalue weighted by Gasteiger charge is 2.07. The number of alkyl halides is 1. The highest BCUT2D eigenvalue weighted by Crippen LogP contribution is 2.13. The van der Waals surface area contributed by atoms with E-state index in [9.17, 15) is 4.79 Å². The standard InChI is InChI=1S/C16H18ClNO2/c1-3-18-10-16(15(19)8-14(18)9-17)20-11-13-7-5-4-6-12(13)2/h4-8,10H,3,9,11H2,1-2H3. The molecule has 2 rings (SSSR count). The predicted molar refractivity (Wildman–Crippen MR) is 81.4 cm³/mol. The van der Waals surface area contributed by atoms with Crippen molar-refractivity contribution >= 4 is 11.6 Å². The summed E-state index contributed by atoms with van der Waals surface area (Å²) in [4.78, 5) is 12.0. The summed E-state index contributed by atoms with van der Waals surface area (Å²) in [5, 5.41) is 0. The van der Waals surface area contributed by atoms with Crippen LogP contribution in [-0.4, -0.2) is 4.57 Å². The van der Waals surface area contributed by atoms with Crippen molar-refractivity contribution in [2.45, 2.75) is 32.9 Å². The fourth-order valence-electron chi connectivity index (χ4n) is 2.04. The Balaban J connectivity index is 2.22. The molecule has 106 valence electrons. The van der Waals surface area contributed by atoms with E-state index < -0.39 is 0 Å². The van der Waals surface area contributed by atoms with E-state index in [4.69, 9.17) is 16.3 Å². The fraction of sp³-hybridized carbons (Fsp3) is 0.312. The first-order valence-electron chi connectivity index (χ1n) is 6.62. The third-order valence-electron chi connectivity index (χ3n) is 3.30. The molecular weight excluding hydrogens is 274 g/mol. The minimum atomic E-state index is -0.126. The Morgan fingerprint density at radius 2 is 2.05 bits per heavy atom. The summed E-state index contributed by atoms with van der Waals surface area (Å²) in [5.74, 6) is 0.685. The molecule has 0 fully saturated rings. The molecule has 0 spiro atoms. The molecule has 0 aliphatic carbocycles. The van der Waals surface area contributed by atoms with Crippen LogP contribution < -0.4 is 10.2 Å². The van der Waals surface area contributed by atoms with Crippen molar-refractivity contribution in [3.63, 3.8) is 0 Å².